The molecule has 0 radical (unpaired) electrons. The Morgan fingerprint density at radius 2 is 2.29 bits per heavy atom. The number of hydrogen-bond donors (Lipinski definition) is 2. The number of hydrogen-bond acceptors (Lipinski definition) is 4. The summed E-state index contributed by atoms with van der Waals surface area (Å²) >= 11 is 3.32. The number of nitrogens with one attached hydrogen (secondary N) is 1. The molecule has 2 rings (SSSR count). The van der Waals surface area contributed by atoms with Crippen molar-refractivity contribution in [1.82, 2.24) is 14.8 Å². The summed E-state index contributed by atoms with van der Waals surface area (Å²) in [5, 5.41) is 7.38. The molecule has 0 saturated heterocycles. The van der Waals surface area contributed by atoms with E-state index >= 15 is 0 Å². The van der Waals surface area contributed by atoms with Gasteiger partial charge in [0.15, 0.2) is 0 Å². The van der Waals surface area contributed by atoms with Crippen LogP contribution < -0.4 is 11.1 Å². The van der Waals surface area contributed by atoms with Gasteiger partial charge in [-0.1, -0.05) is 0 Å². The lowest BCUT2D eigenvalue weighted by molar-refractivity contribution is 0.637. The lowest BCUT2D eigenvalue weighted by Crippen LogP contribution is -2.12. The predicted molar refractivity (Wildman–Crippen MR) is 71.8 cm³/mol. The molecule has 2 aromatic heterocycles. The number of anilines is 2. The van der Waals surface area contributed by atoms with Crippen molar-refractivity contribution in [3.8, 4) is 0 Å². The van der Waals surface area contributed by atoms with Gasteiger partial charge in [-0.3, -0.25) is 4.68 Å². The average Bonchev–Trinajstić information content (AvgIpc) is 2.68. The number of aryl methyl sites for hydroxylation is 1. The van der Waals surface area contributed by atoms with Crippen molar-refractivity contribution in [2.75, 3.05) is 17.6 Å². The predicted octanol–water partition coefficient (Wildman–Crippen LogP) is 2.04. The molecule has 6 heteroatoms. The van der Waals surface area contributed by atoms with Crippen molar-refractivity contribution >= 4 is 27.4 Å². The summed E-state index contributed by atoms with van der Waals surface area (Å²) < 4.78 is 2.76. The Kier molecular flexibility index (Phi) is 3.63. The van der Waals surface area contributed by atoms with Crippen molar-refractivity contribution in [2.24, 2.45) is 0 Å². The Bertz CT molecular complexity index is 508. The molecule has 0 spiro atoms. The SMILES string of the molecule is Cc1cnn(CCNc2ncc(Br)cc2N)c1. The topological polar surface area (TPSA) is 68.8 Å². The number of nitrogen functional groups attached to an aromatic ring is 1. The van der Waals surface area contributed by atoms with Crippen LogP contribution in [0.1, 0.15) is 5.56 Å². The van der Waals surface area contributed by atoms with Gasteiger partial charge in [-0.05, 0) is 34.5 Å². The third-order valence-electron chi connectivity index (χ3n) is 2.28. The Labute approximate surface area is 108 Å². The summed E-state index contributed by atoms with van der Waals surface area (Å²) in [7, 11) is 0. The number of pyridine rings is 1. The monoisotopic (exact) mass is 295 g/mol. The van der Waals surface area contributed by atoms with Gasteiger partial charge in [-0.15, -0.1) is 0 Å². The fourth-order valence-electron chi connectivity index (χ4n) is 1.48. The Hall–Kier alpha value is -1.56. The van der Waals surface area contributed by atoms with E-state index in [0.717, 1.165) is 23.1 Å². The zero-order valence-electron chi connectivity index (χ0n) is 9.52. The van der Waals surface area contributed by atoms with Crippen LogP contribution in [0, 0.1) is 6.92 Å². The van der Waals surface area contributed by atoms with Gasteiger partial charge in [0.1, 0.15) is 5.82 Å². The minimum atomic E-state index is 0.635. The highest BCUT2D eigenvalue weighted by Gasteiger charge is 2.01. The van der Waals surface area contributed by atoms with Gasteiger partial charge in [0.2, 0.25) is 0 Å². The first-order valence-corrected chi connectivity index (χ1v) is 6.08. The lowest BCUT2D eigenvalue weighted by Gasteiger charge is -2.08. The quantitative estimate of drug-likeness (QED) is 0.906. The molecule has 0 atom stereocenters. The van der Waals surface area contributed by atoms with E-state index in [1.165, 1.54) is 0 Å². The van der Waals surface area contributed by atoms with Crippen LogP contribution in [0.25, 0.3) is 0 Å². The zero-order valence-corrected chi connectivity index (χ0v) is 11.1. The van der Waals surface area contributed by atoms with Crippen molar-refractivity contribution < 1.29 is 0 Å². The van der Waals surface area contributed by atoms with E-state index in [0.29, 0.717) is 11.5 Å². The minimum Gasteiger partial charge on any atom is -0.396 e. The smallest absolute Gasteiger partial charge is 0.149 e. The van der Waals surface area contributed by atoms with Gasteiger partial charge in [0.25, 0.3) is 0 Å². The maximum atomic E-state index is 5.83. The molecule has 0 aliphatic carbocycles. The molecule has 5 nitrogen and oxygen atoms in total. The second-order valence-electron chi connectivity index (χ2n) is 3.80. The highest BCUT2D eigenvalue weighted by atomic mass is 79.9. The van der Waals surface area contributed by atoms with Gasteiger partial charge < -0.3 is 11.1 Å². The van der Waals surface area contributed by atoms with Gasteiger partial charge in [-0.25, -0.2) is 4.98 Å². The van der Waals surface area contributed by atoms with Crippen LogP contribution in [-0.4, -0.2) is 21.3 Å². The molecule has 17 heavy (non-hydrogen) atoms. The van der Waals surface area contributed by atoms with Crippen LogP contribution in [0.4, 0.5) is 11.5 Å². The molecule has 0 aliphatic heterocycles. The molecule has 0 aromatic carbocycles. The normalized spacial score (nSPS) is 10.5. The second kappa shape index (κ2) is 5.18. The fraction of sp³-hybridized carbons (Fsp3) is 0.273. The highest BCUT2D eigenvalue weighted by molar-refractivity contribution is 9.10. The third-order valence-corrected chi connectivity index (χ3v) is 2.71. The number of aromatic nitrogens is 3. The standard InChI is InChI=1S/C11H14BrN5/c1-8-5-16-17(7-8)3-2-14-11-10(13)4-9(12)6-15-11/h4-7H,2-3,13H2,1H3,(H,14,15). The lowest BCUT2D eigenvalue weighted by atomic mass is 10.4. The van der Waals surface area contributed by atoms with Gasteiger partial charge in [0, 0.05) is 23.4 Å². The number of rotatable bonds is 4. The van der Waals surface area contributed by atoms with Gasteiger partial charge in [-0.2, -0.15) is 5.10 Å². The molecule has 0 bridgehead atoms. The second-order valence-corrected chi connectivity index (χ2v) is 4.71. The average molecular weight is 296 g/mol. The molecular weight excluding hydrogens is 282 g/mol. The van der Waals surface area contributed by atoms with E-state index in [-0.39, 0.29) is 0 Å². The maximum Gasteiger partial charge on any atom is 0.149 e. The van der Waals surface area contributed by atoms with Crippen molar-refractivity contribution in [1.29, 1.82) is 0 Å². The van der Waals surface area contributed by atoms with Crippen LogP contribution in [0.15, 0.2) is 29.1 Å². The van der Waals surface area contributed by atoms with Gasteiger partial charge >= 0.3 is 0 Å². The van der Waals surface area contributed by atoms with E-state index < -0.39 is 0 Å². The summed E-state index contributed by atoms with van der Waals surface area (Å²) in [5.41, 5.74) is 7.62. The Balaban J connectivity index is 1.90. The van der Waals surface area contributed by atoms with E-state index in [1.807, 2.05) is 30.1 Å². The van der Waals surface area contributed by atoms with Crippen molar-refractivity contribution in [3.63, 3.8) is 0 Å². The number of nitrogens with zero attached hydrogens (tertiary/aromatic N) is 3. The molecule has 0 saturated carbocycles. The summed E-state index contributed by atoms with van der Waals surface area (Å²) in [4.78, 5) is 4.20. The minimum absolute atomic E-state index is 0.635. The first-order chi connectivity index (χ1) is 8.15. The maximum absolute atomic E-state index is 5.83. The largest absolute Gasteiger partial charge is 0.396 e. The summed E-state index contributed by atoms with van der Waals surface area (Å²) in [6.07, 6.45) is 5.56. The Morgan fingerprint density at radius 3 is 2.94 bits per heavy atom. The van der Waals surface area contributed by atoms with Crippen LogP contribution in [0.3, 0.4) is 0 Å². The molecule has 2 aromatic rings. The first kappa shape index (κ1) is 11.9. The van der Waals surface area contributed by atoms with E-state index in [9.17, 15) is 0 Å². The van der Waals surface area contributed by atoms with Gasteiger partial charge in [0.05, 0.1) is 18.4 Å². The van der Waals surface area contributed by atoms with Crippen LogP contribution in [0.5, 0.6) is 0 Å². The van der Waals surface area contributed by atoms with E-state index in [4.69, 9.17) is 5.73 Å². The number of nitrogens with two attached hydrogens (primary N) is 1. The van der Waals surface area contributed by atoms with Crippen molar-refractivity contribution in [2.45, 2.75) is 13.5 Å². The molecule has 90 valence electrons. The molecule has 2 heterocycles. The van der Waals surface area contributed by atoms with Crippen LogP contribution >= 0.6 is 15.9 Å². The molecule has 0 aliphatic rings. The van der Waals surface area contributed by atoms with Crippen LogP contribution in [-0.2, 0) is 6.54 Å². The molecule has 0 unspecified atom stereocenters. The summed E-state index contributed by atoms with van der Waals surface area (Å²) in [5.74, 6) is 0.706. The van der Waals surface area contributed by atoms with Crippen molar-refractivity contribution in [3.05, 3.63) is 34.7 Å². The summed E-state index contributed by atoms with van der Waals surface area (Å²) in [6, 6.07) is 1.83. The zero-order chi connectivity index (χ0) is 12.3. The molecule has 0 fully saturated rings. The molecule has 3 N–H and O–H groups in total. The summed E-state index contributed by atoms with van der Waals surface area (Å²) in [6.45, 7) is 3.54. The molecule has 0 amide bonds. The van der Waals surface area contributed by atoms with Crippen LogP contribution in [0.2, 0.25) is 0 Å². The molecular formula is C11H14BrN5. The van der Waals surface area contributed by atoms with E-state index in [1.54, 1.807) is 6.20 Å². The highest BCUT2D eigenvalue weighted by Crippen LogP contribution is 2.19. The first-order valence-electron chi connectivity index (χ1n) is 5.29. The van der Waals surface area contributed by atoms with E-state index in [2.05, 4.69) is 31.3 Å². The Morgan fingerprint density at radius 1 is 1.47 bits per heavy atom. The third kappa shape index (κ3) is 3.20. The fourth-order valence-corrected chi connectivity index (χ4v) is 1.83. The number of halogens is 1.